The van der Waals surface area contributed by atoms with E-state index in [-0.39, 0.29) is 5.56 Å². The van der Waals surface area contributed by atoms with Crippen molar-refractivity contribution in [2.75, 3.05) is 7.11 Å². The lowest BCUT2D eigenvalue weighted by Gasteiger charge is -2.07. The van der Waals surface area contributed by atoms with Gasteiger partial charge in [0, 0.05) is 16.7 Å². The zero-order valence-corrected chi connectivity index (χ0v) is 10.1. The fourth-order valence-electron chi connectivity index (χ4n) is 1.39. The van der Waals surface area contributed by atoms with Crippen molar-refractivity contribution in [3.8, 4) is 17.1 Å². The number of hydrogen-bond acceptors (Lipinski definition) is 3. The first-order valence-corrected chi connectivity index (χ1v) is 5.39. The lowest BCUT2D eigenvalue weighted by molar-refractivity contribution is 0.399. The van der Waals surface area contributed by atoms with Crippen molar-refractivity contribution in [1.82, 2.24) is 9.97 Å². The second-order valence-electron chi connectivity index (χ2n) is 3.14. The molecule has 0 atom stereocenters. The molecule has 16 heavy (non-hydrogen) atoms. The van der Waals surface area contributed by atoms with Gasteiger partial charge in [-0.25, -0.2) is 4.98 Å². The lowest BCUT2D eigenvalue weighted by atomic mass is 10.2. The number of rotatable bonds is 2. The molecule has 0 unspecified atom stereocenters. The second-order valence-corrected chi connectivity index (χ2v) is 4.05. The SMILES string of the molecule is COc1ncc(Br)cc1-c1cccc(=O)[nH]1. The molecule has 0 saturated carbocycles. The normalized spacial score (nSPS) is 10.1. The molecule has 0 aromatic carbocycles. The molecule has 5 heteroatoms. The van der Waals surface area contributed by atoms with Crippen molar-refractivity contribution in [2.45, 2.75) is 0 Å². The molecule has 2 rings (SSSR count). The van der Waals surface area contributed by atoms with E-state index in [1.165, 1.54) is 6.07 Å². The van der Waals surface area contributed by atoms with Crippen LogP contribution in [0.3, 0.4) is 0 Å². The zero-order valence-electron chi connectivity index (χ0n) is 8.53. The third-order valence-corrected chi connectivity index (χ3v) is 2.50. The predicted molar refractivity (Wildman–Crippen MR) is 64.5 cm³/mol. The van der Waals surface area contributed by atoms with Gasteiger partial charge in [0.15, 0.2) is 0 Å². The molecule has 82 valence electrons. The minimum Gasteiger partial charge on any atom is -0.481 e. The van der Waals surface area contributed by atoms with Crippen LogP contribution in [0.2, 0.25) is 0 Å². The molecular formula is C11H9BrN2O2. The van der Waals surface area contributed by atoms with Crippen LogP contribution < -0.4 is 10.3 Å². The maximum atomic E-state index is 11.2. The molecule has 0 fully saturated rings. The van der Waals surface area contributed by atoms with E-state index in [2.05, 4.69) is 25.9 Å². The van der Waals surface area contributed by atoms with Gasteiger partial charge in [-0.2, -0.15) is 0 Å². The van der Waals surface area contributed by atoms with Crippen molar-refractivity contribution in [3.63, 3.8) is 0 Å². The molecule has 2 aromatic rings. The molecule has 0 radical (unpaired) electrons. The summed E-state index contributed by atoms with van der Waals surface area (Å²) in [6.45, 7) is 0. The smallest absolute Gasteiger partial charge is 0.248 e. The highest BCUT2D eigenvalue weighted by Gasteiger charge is 2.08. The van der Waals surface area contributed by atoms with Gasteiger partial charge < -0.3 is 9.72 Å². The number of aromatic nitrogens is 2. The summed E-state index contributed by atoms with van der Waals surface area (Å²) < 4.78 is 5.97. The third-order valence-electron chi connectivity index (χ3n) is 2.07. The fourth-order valence-corrected chi connectivity index (χ4v) is 1.72. The van der Waals surface area contributed by atoms with E-state index < -0.39 is 0 Å². The van der Waals surface area contributed by atoms with Crippen molar-refractivity contribution >= 4 is 15.9 Å². The Labute approximate surface area is 100 Å². The van der Waals surface area contributed by atoms with E-state index in [1.54, 1.807) is 25.4 Å². The number of H-pyrrole nitrogens is 1. The van der Waals surface area contributed by atoms with Crippen LogP contribution in [0, 0.1) is 0 Å². The number of halogens is 1. The number of pyridine rings is 2. The third kappa shape index (κ3) is 2.14. The number of ether oxygens (including phenoxy) is 1. The van der Waals surface area contributed by atoms with Crippen molar-refractivity contribution in [3.05, 3.63) is 45.3 Å². The van der Waals surface area contributed by atoms with E-state index in [9.17, 15) is 4.79 Å². The largest absolute Gasteiger partial charge is 0.481 e. The van der Waals surface area contributed by atoms with Gasteiger partial charge in [0.2, 0.25) is 11.4 Å². The van der Waals surface area contributed by atoms with Gasteiger partial charge in [0.05, 0.1) is 18.4 Å². The molecule has 0 saturated heterocycles. The Hall–Kier alpha value is -1.62. The highest BCUT2D eigenvalue weighted by molar-refractivity contribution is 9.10. The van der Waals surface area contributed by atoms with Gasteiger partial charge in [-0.15, -0.1) is 0 Å². The monoisotopic (exact) mass is 280 g/mol. The van der Waals surface area contributed by atoms with Crippen LogP contribution in [-0.2, 0) is 0 Å². The van der Waals surface area contributed by atoms with Crippen molar-refractivity contribution < 1.29 is 4.74 Å². The first kappa shape index (κ1) is 10.9. The van der Waals surface area contributed by atoms with Crippen LogP contribution in [0.15, 0.2) is 39.7 Å². The molecule has 1 N–H and O–H groups in total. The summed E-state index contributed by atoms with van der Waals surface area (Å²) in [7, 11) is 1.54. The molecule has 0 bridgehead atoms. The van der Waals surface area contributed by atoms with Gasteiger partial charge in [0.1, 0.15) is 0 Å². The summed E-state index contributed by atoms with van der Waals surface area (Å²) >= 11 is 3.33. The number of hydrogen-bond donors (Lipinski definition) is 1. The second kappa shape index (κ2) is 4.49. The Morgan fingerprint density at radius 2 is 2.25 bits per heavy atom. The van der Waals surface area contributed by atoms with Crippen LogP contribution in [0.5, 0.6) is 5.88 Å². The molecule has 0 spiro atoms. The maximum Gasteiger partial charge on any atom is 0.248 e. The fraction of sp³-hybridized carbons (Fsp3) is 0.0909. The summed E-state index contributed by atoms with van der Waals surface area (Å²) in [6, 6.07) is 6.79. The Bertz CT molecular complexity index is 566. The van der Waals surface area contributed by atoms with E-state index >= 15 is 0 Å². The first-order chi connectivity index (χ1) is 7.70. The molecule has 2 aromatic heterocycles. The van der Waals surface area contributed by atoms with Gasteiger partial charge in [-0.1, -0.05) is 6.07 Å². The Kier molecular flexibility index (Phi) is 3.05. The summed E-state index contributed by atoms with van der Waals surface area (Å²) in [4.78, 5) is 18.1. The number of methoxy groups -OCH3 is 1. The molecule has 0 aliphatic carbocycles. The Morgan fingerprint density at radius 3 is 2.94 bits per heavy atom. The topological polar surface area (TPSA) is 55.0 Å². The summed E-state index contributed by atoms with van der Waals surface area (Å²) in [5, 5.41) is 0. The lowest BCUT2D eigenvalue weighted by Crippen LogP contribution is -2.04. The highest BCUT2D eigenvalue weighted by atomic mass is 79.9. The van der Waals surface area contributed by atoms with E-state index in [0.29, 0.717) is 11.6 Å². The summed E-state index contributed by atoms with van der Waals surface area (Å²) in [6.07, 6.45) is 1.64. The molecule has 0 aliphatic rings. The number of aromatic amines is 1. The highest BCUT2D eigenvalue weighted by Crippen LogP contribution is 2.28. The Morgan fingerprint density at radius 1 is 1.44 bits per heavy atom. The minimum absolute atomic E-state index is 0.153. The Balaban J connectivity index is 2.62. The number of nitrogens with zero attached hydrogens (tertiary/aromatic N) is 1. The maximum absolute atomic E-state index is 11.2. The molecule has 0 amide bonds. The minimum atomic E-state index is -0.153. The molecule has 0 aliphatic heterocycles. The zero-order chi connectivity index (χ0) is 11.5. The molecule has 2 heterocycles. The summed E-state index contributed by atoms with van der Waals surface area (Å²) in [5.74, 6) is 0.477. The average Bonchev–Trinajstić information content (AvgIpc) is 2.29. The first-order valence-electron chi connectivity index (χ1n) is 4.60. The average molecular weight is 281 g/mol. The van der Waals surface area contributed by atoms with Gasteiger partial charge >= 0.3 is 0 Å². The van der Waals surface area contributed by atoms with E-state index in [4.69, 9.17) is 4.74 Å². The van der Waals surface area contributed by atoms with Crippen molar-refractivity contribution in [2.24, 2.45) is 0 Å². The van der Waals surface area contributed by atoms with Gasteiger partial charge in [-0.3, -0.25) is 4.79 Å². The molecule has 4 nitrogen and oxygen atoms in total. The van der Waals surface area contributed by atoms with Crippen LogP contribution in [-0.4, -0.2) is 17.1 Å². The quantitative estimate of drug-likeness (QED) is 0.918. The predicted octanol–water partition coefficient (Wildman–Crippen LogP) is 2.21. The van der Waals surface area contributed by atoms with E-state index in [0.717, 1.165) is 10.0 Å². The van der Waals surface area contributed by atoms with Crippen LogP contribution in [0.4, 0.5) is 0 Å². The van der Waals surface area contributed by atoms with Crippen LogP contribution in [0.25, 0.3) is 11.3 Å². The molecular weight excluding hydrogens is 272 g/mol. The van der Waals surface area contributed by atoms with Crippen LogP contribution >= 0.6 is 15.9 Å². The number of nitrogens with one attached hydrogen (secondary N) is 1. The van der Waals surface area contributed by atoms with Crippen LogP contribution in [0.1, 0.15) is 0 Å². The van der Waals surface area contributed by atoms with Gasteiger partial charge in [-0.05, 0) is 28.1 Å². The van der Waals surface area contributed by atoms with E-state index in [1.807, 2.05) is 6.07 Å². The summed E-state index contributed by atoms with van der Waals surface area (Å²) in [5.41, 5.74) is 1.27. The van der Waals surface area contributed by atoms with Crippen molar-refractivity contribution in [1.29, 1.82) is 0 Å². The van der Waals surface area contributed by atoms with Gasteiger partial charge in [0.25, 0.3) is 0 Å². The standard InChI is InChI=1S/C11H9BrN2O2/c1-16-11-8(5-7(12)6-13-11)9-3-2-4-10(15)14-9/h2-6H,1H3,(H,14,15).